The smallest absolute Gasteiger partial charge is 0.143 e. The van der Waals surface area contributed by atoms with E-state index in [9.17, 15) is 0 Å². The molecule has 0 bridgehead atoms. The van der Waals surface area contributed by atoms with Gasteiger partial charge in [0.1, 0.15) is 11.2 Å². The van der Waals surface area contributed by atoms with Crippen molar-refractivity contribution >= 4 is 71.3 Å². The summed E-state index contributed by atoms with van der Waals surface area (Å²) in [7, 11) is 0. The van der Waals surface area contributed by atoms with Crippen LogP contribution in [0.2, 0.25) is 0 Å². The minimum Gasteiger partial charge on any atom is -0.455 e. The van der Waals surface area contributed by atoms with Crippen LogP contribution in [0.5, 0.6) is 0 Å². The van der Waals surface area contributed by atoms with Crippen LogP contribution in [-0.2, 0) is 0 Å². The van der Waals surface area contributed by atoms with E-state index in [2.05, 4.69) is 217 Å². The molecule has 1 aromatic heterocycles. The number of nitrogens with zero attached hydrogens (tertiary/aromatic N) is 1. The summed E-state index contributed by atoms with van der Waals surface area (Å²) in [5.41, 5.74) is 12.1. The van der Waals surface area contributed by atoms with Crippen molar-refractivity contribution in [2.45, 2.75) is 0 Å². The molecule has 0 N–H and O–H groups in total. The highest BCUT2D eigenvalue weighted by Gasteiger charge is 2.21. The fraction of sp³-hybridized carbons (Fsp3) is 0. The Morgan fingerprint density at radius 2 is 0.982 bits per heavy atom. The van der Waals surface area contributed by atoms with Crippen molar-refractivity contribution in [3.8, 4) is 33.4 Å². The quantitative estimate of drug-likeness (QED) is 0.160. The lowest BCUT2D eigenvalue weighted by atomic mass is 9.93. The zero-order chi connectivity index (χ0) is 37.0. The molecule has 0 aliphatic heterocycles. The van der Waals surface area contributed by atoms with Crippen LogP contribution in [0.15, 0.2) is 217 Å². The van der Waals surface area contributed by atoms with E-state index < -0.39 is 0 Å². The lowest BCUT2D eigenvalue weighted by Crippen LogP contribution is -2.11. The second kappa shape index (κ2) is 13.2. The van der Waals surface area contributed by atoms with Gasteiger partial charge in [0, 0.05) is 33.1 Å². The Labute approximate surface area is 325 Å². The molecule has 0 aliphatic carbocycles. The topological polar surface area (TPSA) is 16.4 Å². The molecule has 0 spiro atoms. The zero-order valence-corrected chi connectivity index (χ0v) is 30.6. The third-order valence-electron chi connectivity index (χ3n) is 11.2. The summed E-state index contributed by atoms with van der Waals surface area (Å²) in [5, 5.41) is 9.58. The molecule has 0 saturated carbocycles. The van der Waals surface area contributed by atoms with Gasteiger partial charge in [0.2, 0.25) is 0 Å². The molecule has 262 valence electrons. The molecule has 2 heteroatoms. The maximum Gasteiger partial charge on any atom is 0.143 e. The number of fused-ring (bicyclic) bond motifs is 8. The van der Waals surface area contributed by atoms with Crippen LogP contribution >= 0.6 is 0 Å². The van der Waals surface area contributed by atoms with Crippen LogP contribution in [0.4, 0.5) is 17.1 Å². The molecule has 2 nitrogen and oxygen atoms in total. The molecule has 1 heterocycles. The van der Waals surface area contributed by atoms with E-state index in [0.717, 1.165) is 55.5 Å². The second-order valence-electron chi connectivity index (χ2n) is 14.5. The first-order valence-electron chi connectivity index (χ1n) is 19.2. The van der Waals surface area contributed by atoms with Crippen molar-refractivity contribution in [3.05, 3.63) is 212 Å². The Balaban J connectivity index is 1.12. The van der Waals surface area contributed by atoms with Crippen molar-refractivity contribution in [3.63, 3.8) is 0 Å². The Kier molecular flexibility index (Phi) is 7.53. The van der Waals surface area contributed by atoms with Crippen molar-refractivity contribution in [2.24, 2.45) is 0 Å². The summed E-state index contributed by atoms with van der Waals surface area (Å²) in [6, 6.07) is 76.4. The Hall–Kier alpha value is -7.42. The van der Waals surface area contributed by atoms with E-state index in [1.807, 2.05) is 0 Å². The Morgan fingerprint density at radius 1 is 0.321 bits per heavy atom. The molecule has 10 aromatic carbocycles. The highest BCUT2D eigenvalue weighted by atomic mass is 16.3. The van der Waals surface area contributed by atoms with Gasteiger partial charge in [-0.1, -0.05) is 164 Å². The molecule has 0 saturated heterocycles. The van der Waals surface area contributed by atoms with Gasteiger partial charge in [-0.2, -0.15) is 0 Å². The summed E-state index contributed by atoms with van der Waals surface area (Å²) >= 11 is 0. The number of anilines is 3. The van der Waals surface area contributed by atoms with Crippen molar-refractivity contribution in [2.75, 3.05) is 4.90 Å². The van der Waals surface area contributed by atoms with Crippen molar-refractivity contribution < 1.29 is 4.42 Å². The van der Waals surface area contributed by atoms with Gasteiger partial charge in [0.25, 0.3) is 0 Å². The fourth-order valence-corrected chi connectivity index (χ4v) is 8.64. The van der Waals surface area contributed by atoms with Crippen LogP contribution in [0.3, 0.4) is 0 Å². The molecule has 11 aromatic rings. The zero-order valence-electron chi connectivity index (χ0n) is 30.6. The molecule has 0 radical (unpaired) electrons. The Bertz CT molecular complexity index is 3250. The van der Waals surface area contributed by atoms with Crippen LogP contribution in [0.25, 0.3) is 87.6 Å². The highest BCUT2D eigenvalue weighted by molar-refractivity contribution is 6.20. The van der Waals surface area contributed by atoms with E-state index in [0.29, 0.717) is 0 Å². The van der Waals surface area contributed by atoms with E-state index >= 15 is 0 Å². The van der Waals surface area contributed by atoms with Gasteiger partial charge < -0.3 is 9.32 Å². The van der Waals surface area contributed by atoms with E-state index in [1.54, 1.807) is 0 Å². The van der Waals surface area contributed by atoms with Crippen LogP contribution in [0.1, 0.15) is 0 Å². The fourth-order valence-electron chi connectivity index (χ4n) is 8.64. The summed E-state index contributed by atoms with van der Waals surface area (Å²) < 4.78 is 6.66. The number of hydrogen-bond donors (Lipinski definition) is 0. The average Bonchev–Trinajstić information content (AvgIpc) is 3.67. The first kappa shape index (κ1) is 32.0. The minimum atomic E-state index is 0.883. The molecule has 11 rings (SSSR count). The van der Waals surface area contributed by atoms with Gasteiger partial charge in [0.15, 0.2) is 0 Å². The highest BCUT2D eigenvalue weighted by Crippen LogP contribution is 2.46. The van der Waals surface area contributed by atoms with Crippen LogP contribution in [-0.4, -0.2) is 0 Å². The first-order valence-corrected chi connectivity index (χ1v) is 19.2. The maximum atomic E-state index is 6.66. The molecule has 0 fully saturated rings. The summed E-state index contributed by atoms with van der Waals surface area (Å²) in [6.45, 7) is 0. The molecular weight excluding hydrogens is 679 g/mol. The van der Waals surface area contributed by atoms with Gasteiger partial charge in [0.05, 0.1) is 5.69 Å². The number of para-hydroxylation sites is 1. The van der Waals surface area contributed by atoms with Crippen molar-refractivity contribution in [1.82, 2.24) is 0 Å². The second-order valence-corrected chi connectivity index (χ2v) is 14.5. The molecule has 0 amide bonds. The molecule has 0 aliphatic rings. The number of furan rings is 1. The number of hydrogen-bond acceptors (Lipinski definition) is 2. The summed E-state index contributed by atoms with van der Waals surface area (Å²) in [5.74, 6) is 0. The predicted molar refractivity (Wildman–Crippen MR) is 237 cm³/mol. The lowest BCUT2D eigenvalue weighted by Gasteiger charge is -2.28. The van der Waals surface area contributed by atoms with Gasteiger partial charge in [-0.25, -0.2) is 0 Å². The lowest BCUT2D eigenvalue weighted by molar-refractivity contribution is 0.673. The van der Waals surface area contributed by atoms with Gasteiger partial charge >= 0.3 is 0 Å². The SMILES string of the molecule is c1ccc(-c2cccc(N(c3ccc(-c4cc5ccccc5c5ccccc45)cc3)c3ccccc3-c3cccc4oc5c6ccccc6ccc5c34)c2)cc1. The first-order chi connectivity index (χ1) is 27.8. The van der Waals surface area contributed by atoms with E-state index in [-0.39, 0.29) is 0 Å². The molecule has 0 atom stereocenters. The largest absolute Gasteiger partial charge is 0.455 e. The van der Waals surface area contributed by atoms with Gasteiger partial charge in [-0.05, 0) is 103 Å². The van der Waals surface area contributed by atoms with E-state index in [4.69, 9.17) is 4.42 Å². The number of rotatable bonds is 6. The van der Waals surface area contributed by atoms with Crippen LogP contribution in [0, 0.1) is 0 Å². The Morgan fingerprint density at radius 3 is 1.84 bits per heavy atom. The molecule has 0 unspecified atom stereocenters. The normalized spacial score (nSPS) is 11.6. The maximum absolute atomic E-state index is 6.66. The standard InChI is InChI=1S/C54H35NO/c1-2-14-36(15-3-1)39-18-12-19-42(34-39)55(41-31-28-38(29-32-41)50-35-40-17-5-6-20-43(40)45-22-8-9-23-46(45)50)51-26-11-10-24-47(51)48-25-13-27-52-53(48)49-33-30-37-16-4-7-21-44(37)54(49)56-52/h1-35H. The monoisotopic (exact) mass is 713 g/mol. The molecule has 56 heavy (non-hydrogen) atoms. The summed E-state index contributed by atoms with van der Waals surface area (Å²) in [6.07, 6.45) is 0. The van der Waals surface area contributed by atoms with Gasteiger partial charge in [-0.15, -0.1) is 0 Å². The third-order valence-corrected chi connectivity index (χ3v) is 11.2. The minimum absolute atomic E-state index is 0.883. The number of benzene rings is 10. The third kappa shape index (κ3) is 5.26. The summed E-state index contributed by atoms with van der Waals surface area (Å²) in [4.78, 5) is 2.40. The van der Waals surface area contributed by atoms with Gasteiger partial charge in [-0.3, -0.25) is 0 Å². The average molecular weight is 714 g/mol. The van der Waals surface area contributed by atoms with Crippen LogP contribution < -0.4 is 4.90 Å². The molecular formula is C54H35NO. The van der Waals surface area contributed by atoms with E-state index in [1.165, 1.54) is 49.2 Å². The van der Waals surface area contributed by atoms with Crippen molar-refractivity contribution in [1.29, 1.82) is 0 Å². The predicted octanol–water partition coefficient (Wildman–Crippen LogP) is 15.5.